The summed E-state index contributed by atoms with van der Waals surface area (Å²) in [5.74, 6) is 0.869. The van der Waals surface area contributed by atoms with Crippen LogP contribution in [-0.4, -0.2) is 34.6 Å². The Morgan fingerprint density at radius 3 is 2.58 bits per heavy atom. The molecule has 0 spiro atoms. The highest BCUT2D eigenvalue weighted by atomic mass is 19.3. The van der Waals surface area contributed by atoms with Crippen molar-refractivity contribution in [3.63, 3.8) is 0 Å². The zero-order chi connectivity index (χ0) is 17.9. The van der Waals surface area contributed by atoms with Crippen LogP contribution in [-0.2, 0) is 7.05 Å². The monoisotopic (exact) mass is 336 g/mol. The van der Waals surface area contributed by atoms with Crippen LogP contribution in [0.4, 0.5) is 14.5 Å². The lowest BCUT2D eigenvalue weighted by molar-refractivity contribution is 0.145. The van der Waals surface area contributed by atoms with Crippen molar-refractivity contribution in [2.45, 2.75) is 27.2 Å². The smallest absolute Gasteiger partial charge is 0.282 e. The summed E-state index contributed by atoms with van der Waals surface area (Å²) in [5.41, 5.74) is 2.35. The average molecular weight is 336 g/mol. The maximum absolute atomic E-state index is 12.7. The van der Waals surface area contributed by atoms with Crippen LogP contribution < -0.4 is 4.74 Å². The number of aromatic nitrogens is 2. The molecule has 0 atom stereocenters. The van der Waals surface area contributed by atoms with Crippen LogP contribution in [0.25, 0.3) is 0 Å². The Morgan fingerprint density at radius 1 is 1.29 bits per heavy atom. The molecule has 0 bridgehead atoms. The van der Waals surface area contributed by atoms with Crippen LogP contribution in [0.5, 0.6) is 11.6 Å². The number of nitrogens with zero attached hydrogens (tertiary/aromatic N) is 4. The Balaban J connectivity index is 2.26. The van der Waals surface area contributed by atoms with Crippen LogP contribution in [0.1, 0.15) is 30.2 Å². The molecule has 0 aliphatic heterocycles. The maximum Gasteiger partial charge on any atom is 0.282 e. The molecule has 2 rings (SSSR count). The molecule has 0 N–H and O–H groups in total. The summed E-state index contributed by atoms with van der Waals surface area (Å²) in [4.78, 5) is 6.43. The topological polar surface area (TPSA) is 42.6 Å². The van der Waals surface area contributed by atoms with Gasteiger partial charge in [0.05, 0.1) is 12.0 Å². The van der Waals surface area contributed by atoms with E-state index in [0.29, 0.717) is 5.75 Å². The minimum atomic E-state index is -2.62. The highest BCUT2D eigenvalue weighted by Crippen LogP contribution is 2.32. The van der Waals surface area contributed by atoms with Crippen molar-refractivity contribution in [3.8, 4) is 11.6 Å². The highest BCUT2D eigenvalue weighted by molar-refractivity contribution is 5.64. The van der Waals surface area contributed by atoms with Crippen molar-refractivity contribution in [2.24, 2.45) is 12.0 Å². The van der Waals surface area contributed by atoms with Gasteiger partial charge in [0, 0.05) is 26.7 Å². The molecule has 1 heterocycles. The number of halogens is 2. The third kappa shape index (κ3) is 4.10. The van der Waals surface area contributed by atoms with E-state index in [1.807, 2.05) is 44.9 Å². The van der Waals surface area contributed by atoms with Crippen molar-refractivity contribution in [1.29, 1.82) is 0 Å². The molecule has 0 saturated heterocycles. The quantitative estimate of drug-likeness (QED) is 0.581. The molecule has 0 radical (unpaired) electrons. The SMILES string of the molecule is CCN(C)C=Nc1cc(C)c(Oc2cc(C(F)F)nn2C)cc1C. The van der Waals surface area contributed by atoms with Crippen molar-refractivity contribution in [3.05, 3.63) is 35.0 Å². The van der Waals surface area contributed by atoms with Gasteiger partial charge in [-0.2, -0.15) is 5.10 Å². The Bertz CT molecular complexity index is 740. The molecule has 130 valence electrons. The van der Waals surface area contributed by atoms with E-state index >= 15 is 0 Å². The Morgan fingerprint density at radius 2 is 2.00 bits per heavy atom. The summed E-state index contributed by atoms with van der Waals surface area (Å²) in [7, 11) is 3.52. The lowest BCUT2D eigenvalue weighted by Gasteiger charge is -2.12. The van der Waals surface area contributed by atoms with Gasteiger partial charge >= 0.3 is 0 Å². The van der Waals surface area contributed by atoms with E-state index in [1.165, 1.54) is 10.7 Å². The molecule has 24 heavy (non-hydrogen) atoms. The zero-order valence-electron chi connectivity index (χ0n) is 14.5. The summed E-state index contributed by atoms with van der Waals surface area (Å²) in [6.45, 7) is 6.73. The molecule has 0 saturated carbocycles. The molecule has 7 heteroatoms. The number of hydrogen-bond donors (Lipinski definition) is 0. The predicted octanol–water partition coefficient (Wildman–Crippen LogP) is 4.38. The Labute approximate surface area is 140 Å². The van der Waals surface area contributed by atoms with Gasteiger partial charge in [-0.05, 0) is 44.0 Å². The molecule has 0 amide bonds. The van der Waals surface area contributed by atoms with Gasteiger partial charge in [0.25, 0.3) is 6.43 Å². The number of aryl methyl sites for hydroxylation is 3. The van der Waals surface area contributed by atoms with E-state index in [9.17, 15) is 8.78 Å². The maximum atomic E-state index is 12.7. The lowest BCUT2D eigenvalue weighted by atomic mass is 10.1. The second-order valence-electron chi connectivity index (χ2n) is 5.66. The molecule has 0 unspecified atom stereocenters. The van der Waals surface area contributed by atoms with Gasteiger partial charge in [-0.3, -0.25) is 0 Å². The molecule has 0 aliphatic rings. The van der Waals surface area contributed by atoms with Gasteiger partial charge in [-0.1, -0.05) is 0 Å². The van der Waals surface area contributed by atoms with Gasteiger partial charge in [-0.15, -0.1) is 0 Å². The normalized spacial score (nSPS) is 11.5. The van der Waals surface area contributed by atoms with Crippen molar-refractivity contribution < 1.29 is 13.5 Å². The number of aliphatic imine (C=N–C) groups is 1. The second kappa shape index (κ2) is 7.42. The van der Waals surface area contributed by atoms with Gasteiger partial charge in [-0.25, -0.2) is 18.5 Å². The fourth-order valence-electron chi connectivity index (χ4n) is 2.05. The lowest BCUT2D eigenvalue weighted by Crippen LogP contribution is -2.14. The number of alkyl halides is 2. The summed E-state index contributed by atoms with van der Waals surface area (Å²) < 4.78 is 32.5. The molecule has 1 aromatic heterocycles. The van der Waals surface area contributed by atoms with Gasteiger partial charge < -0.3 is 9.64 Å². The molecular formula is C17H22F2N4O. The first kappa shape index (κ1) is 17.9. The summed E-state index contributed by atoms with van der Waals surface area (Å²) >= 11 is 0. The summed E-state index contributed by atoms with van der Waals surface area (Å²) in [5, 5.41) is 3.75. The predicted molar refractivity (Wildman–Crippen MR) is 90.6 cm³/mol. The van der Waals surface area contributed by atoms with Gasteiger partial charge in [0.1, 0.15) is 11.4 Å². The first-order valence-electron chi connectivity index (χ1n) is 7.67. The Hall–Kier alpha value is -2.44. The van der Waals surface area contributed by atoms with Crippen molar-refractivity contribution in [2.75, 3.05) is 13.6 Å². The van der Waals surface area contributed by atoms with E-state index in [4.69, 9.17) is 4.74 Å². The molecule has 5 nitrogen and oxygen atoms in total. The molecule has 0 aliphatic carbocycles. The second-order valence-corrected chi connectivity index (χ2v) is 5.66. The summed E-state index contributed by atoms with van der Waals surface area (Å²) in [6.07, 6.45) is -0.845. The van der Waals surface area contributed by atoms with E-state index in [-0.39, 0.29) is 11.6 Å². The van der Waals surface area contributed by atoms with Crippen molar-refractivity contribution in [1.82, 2.24) is 14.7 Å². The molecular weight excluding hydrogens is 314 g/mol. The van der Waals surface area contributed by atoms with Gasteiger partial charge in [0.2, 0.25) is 5.88 Å². The largest absolute Gasteiger partial charge is 0.439 e. The van der Waals surface area contributed by atoms with E-state index in [2.05, 4.69) is 10.1 Å². The fourth-order valence-corrected chi connectivity index (χ4v) is 2.05. The Kier molecular flexibility index (Phi) is 5.54. The summed E-state index contributed by atoms with van der Waals surface area (Å²) in [6, 6.07) is 5.01. The average Bonchev–Trinajstić information content (AvgIpc) is 2.90. The number of hydrogen-bond acceptors (Lipinski definition) is 3. The van der Waals surface area contributed by atoms with Crippen LogP contribution in [0.2, 0.25) is 0 Å². The molecule has 2 aromatic rings. The number of ether oxygens (including phenoxy) is 1. The zero-order valence-corrected chi connectivity index (χ0v) is 14.5. The van der Waals surface area contributed by atoms with Crippen LogP contribution in [0, 0.1) is 13.8 Å². The molecule has 1 aromatic carbocycles. The number of rotatable bonds is 6. The third-order valence-electron chi connectivity index (χ3n) is 3.68. The van der Waals surface area contributed by atoms with E-state index < -0.39 is 6.43 Å². The van der Waals surface area contributed by atoms with Crippen LogP contribution in [0.15, 0.2) is 23.2 Å². The van der Waals surface area contributed by atoms with E-state index in [1.54, 1.807) is 13.4 Å². The van der Waals surface area contributed by atoms with E-state index in [0.717, 1.165) is 23.4 Å². The van der Waals surface area contributed by atoms with Crippen LogP contribution >= 0.6 is 0 Å². The third-order valence-corrected chi connectivity index (χ3v) is 3.68. The van der Waals surface area contributed by atoms with Crippen LogP contribution in [0.3, 0.4) is 0 Å². The minimum Gasteiger partial charge on any atom is -0.439 e. The standard InChI is InChI=1S/C17H22F2N4O/c1-6-22(4)10-20-13-7-12(3)15(8-11(13)2)24-16-9-14(17(18)19)21-23(16)5/h7-10,17H,6H2,1-5H3. The number of benzene rings is 1. The minimum absolute atomic E-state index is 0.273. The first-order valence-corrected chi connectivity index (χ1v) is 7.67. The first-order chi connectivity index (χ1) is 11.3. The highest BCUT2D eigenvalue weighted by Gasteiger charge is 2.16. The van der Waals surface area contributed by atoms with Gasteiger partial charge in [0.15, 0.2) is 0 Å². The van der Waals surface area contributed by atoms with Crippen molar-refractivity contribution >= 4 is 12.0 Å². The molecule has 0 fully saturated rings. The fraction of sp³-hybridized carbons (Fsp3) is 0.412.